The topological polar surface area (TPSA) is 257 Å². The van der Waals surface area contributed by atoms with Gasteiger partial charge in [-0.3, -0.25) is 13.2 Å². The highest BCUT2D eigenvalue weighted by Gasteiger charge is 2.55. The van der Waals surface area contributed by atoms with Crippen LogP contribution < -0.4 is 0 Å². The van der Waals surface area contributed by atoms with E-state index in [1.54, 1.807) is 13.0 Å². The van der Waals surface area contributed by atoms with E-state index in [0.29, 0.717) is 6.42 Å². The van der Waals surface area contributed by atoms with Crippen molar-refractivity contribution in [2.45, 2.75) is 192 Å². The molecule has 2 aliphatic heterocycles. The highest BCUT2D eigenvalue weighted by atomic mass is 32.2. The number of allylic oxidation sites excluding steroid dienone is 1. The minimum Gasteiger partial charge on any atom is -0.453 e. The predicted molar refractivity (Wildman–Crippen MR) is 207 cm³/mol. The Hall–Kier alpha value is -1.22. The van der Waals surface area contributed by atoms with Gasteiger partial charge in [0.2, 0.25) is 6.29 Å². The van der Waals surface area contributed by atoms with Crippen LogP contribution in [0, 0.1) is 5.92 Å². The Balaban J connectivity index is 2.27. The number of carbonyl (C=O) groups is 2. The molecular formula is C37H66O19S2. The highest BCUT2D eigenvalue weighted by Crippen LogP contribution is 2.36. The van der Waals surface area contributed by atoms with Crippen LogP contribution in [0.3, 0.4) is 0 Å². The summed E-state index contributed by atoms with van der Waals surface area (Å²) < 4.78 is 48.7. The number of hydrogen-bond donors (Lipinski definition) is 6. The van der Waals surface area contributed by atoms with Crippen molar-refractivity contribution < 1.29 is 91.3 Å². The minimum absolute atomic E-state index is 0.0196. The Morgan fingerprint density at radius 1 is 0.672 bits per heavy atom. The lowest BCUT2D eigenvalue weighted by Crippen LogP contribution is -2.65. The van der Waals surface area contributed by atoms with Gasteiger partial charge < -0.3 is 44.1 Å². The van der Waals surface area contributed by atoms with Crippen LogP contribution in [0.15, 0.2) is 11.6 Å². The normalized spacial score (nSPS) is 28.3. The smallest absolute Gasteiger partial charge is 0.333 e. The number of rotatable bonds is 32. The lowest BCUT2D eigenvalue weighted by atomic mass is 9.97. The number of aliphatic hydroxyl groups is 4. The van der Waals surface area contributed by atoms with Crippen LogP contribution in [0.5, 0.6) is 0 Å². The average molecular weight is 879 g/mol. The zero-order valence-corrected chi connectivity index (χ0v) is 35.6. The molecule has 0 amide bonds. The van der Waals surface area contributed by atoms with Gasteiger partial charge in [-0.05, 0) is 25.7 Å². The summed E-state index contributed by atoms with van der Waals surface area (Å²) in [6.45, 7) is 6.12. The summed E-state index contributed by atoms with van der Waals surface area (Å²) in [6, 6.07) is 0. The first kappa shape index (κ1) is 52.9. The lowest BCUT2D eigenvalue weighted by Gasteiger charge is -2.46. The molecule has 0 saturated carbocycles. The van der Waals surface area contributed by atoms with Crippen LogP contribution in [0.1, 0.15) is 130 Å². The second-order valence-electron chi connectivity index (χ2n) is 14.5. The summed E-state index contributed by atoms with van der Waals surface area (Å²) >= 11 is 0.0918. The molecule has 0 aromatic carbocycles. The zero-order chi connectivity index (χ0) is 42.7. The maximum absolute atomic E-state index is 13.4. The van der Waals surface area contributed by atoms with E-state index in [-0.39, 0.29) is 42.6 Å². The predicted octanol–water partition coefficient (Wildman–Crippen LogP) is 5.59. The molecule has 11 atom stereocenters. The van der Waals surface area contributed by atoms with Gasteiger partial charge in [0.25, 0.3) is 0 Å². The second kappa shape index (κ2) is 31.6. The van der Waals surface area contributed by atoms with Gasteiger partial charge >= 0.3 is 11.9 Å². The second-order valence-corrected chi connectivity index (χ2v) is 15.5. The molecular weight excluding hydrogens is 813 g/mol. The van der Waals surface area contributed by atoms with Crippen molar-refractivity contribution in [1.29, 1.82) is 0 Å². The van der Waals surface area contributed by atoms with Crippen LogP contribution in [0.25, 0.3) is 0 Å². The van der Waals surface area contributed by atoms with E-state index in [1.807, 2.05) is 13.8 Å². The molecule has 0 spiro atoms. The summed E-state index contributed by atoms with van der Waals surface area (Å²) in [4.78, 5) is 26.8. The maximum Gasteiger partial charge on any atom is 0.333 e. The molecule has 2 heterocycles. The van der Waals surface area contributed by atoms with Crippen LogP contribution in [-0.4, -0.2) is 118 Å². The third-order valence-corrected chi connectivity index (χ3v) is 10.7. The van der Waals surface area contributed by atoms with Gasteiger partial charge in [-0.1, -0.05) is 120 Å². The van der Waals surface area contributed by atoms with Crippen molar-refractivity contribution in [1.82, 2.24) is 0 Å². The molecule has 0 bridgehead atoms. The molecule has 6 N–H and O–H groups in total. The Kier molecular flexibility index (Phi) is 28.8. The molecule has 2 saturated heterocycles. The Labute approximate surface area is 349 Å². The largest absolute Gasteiger partial charge is 0.453 e. The van der Waals surface area contributed by atoms with E-state index in [0.717, 1.165) is 38.5 Å². The summed E-state index contributed by atoms with van der Waals surface area (Å²) in [5, 5.41) is 66.7. The Morgan fingerprint density at radius 3 is 1.66 bits per heavy atom. The van der Waals surface area contributed by atoms with E-state index < -0.39 is 86.6 Å². The van der Waals surface area contributed by atoms with Gasteiger partial charge in [-0.2, -0.15) is 0 Å². The summed E-state index contributed by atoms with van der Waals surface area (Å²) in [5.41, 5.74) is 0.230. The van der Waals surface area contributed by atoms with Crippen molar-refractivity contribution in [2.24, 2.45) is 5.92 Å². The molecule has 10 unspecified atom stereocenters. The molecule has 58 heavy (non-hydrogen) atoms. The number of hydrogen-bond acceptors (Lipinski definition) is 21. The summed E-state index contributed by atoms with van der Waals surface area (Å²) in [5.74, 6) is -1.51. The molecule has 0 aromatic rings. The third kappa shape index (κ3) is 19.2. The minimum atomic E-state index is -1.76. The van der Waals surface area contributed by atoms with E-state index in [9.17, 15) is 30.0 Å². The highest BCUT2D eigenvalue weighted by molar-refractivity contribution is 7.90. The quantitative estimate of drug-likeness (QED) is 0.0120. The average Bonchev–Trinajstić information content (AvgIpc) is 3.20. The fourth-order valence-electron chi connectivity index (χ4n) is 6.80. The zero-order valence-electron chi connectivity index (χ0n) is 34.0. The molecule has 2 fully saturated rings. The monoisotopic (exact) mass is 878 g/mol. The van der Waals surface area contributed by atoms with E-state index in [2.05, 4.69) is 25.7 Å². The summed E-state index contributed by atoms with van der Waals surface area (Å²) in [6.07, 6.45) is 1.64. The van der Waals surface area contributed by atoms with Crippen molar-refractivity contribution in [2.75, 3.05) is 13.2 Å². The fraction of sp³-hybridized carbons (Fsp3) is 0.892. The van der Waals surface area contributed by atoms with Crippen LogP contribution in [0.4, 0.5) is 0 Å². The van der Waals surface area contributed by atoms with Gasteiger partial charge in [0.15, 0.2) is 49.2 Å². The fourth-order valence-corrected chi connectivity index (χ4v) is 7.52. The van der Waals surface area contributed by atoms with E-state index in [4.69, 9.17) is 42.6 Å². The summed E-state index contributed by atoms with van der Waals surface area (Å²) in [7, 11) is 0. The molecule has 340 valence electrons. The number of aliphatic hydroxyl groups excluding tert-OH is 4. The first-order valence-corrected chi connectivity index (χ1v) is 21.6. The standard InChI is InChI=1S/C37H66O19S2/c1-5-7-8-9-10-11-12-13-14-15-16-17-18-20-28(40)48-33-31(49-35(43)25(4)21-24(3)19-6-2)29(41)26(22-38)46-36(33)50-37-34(52-58-56-54-45)32(51-57-55-53-44)30(42)27(23-39)47-37/h21,24,26-27,29-34,36-39,41-42,44-45H,5-20,22-23H2,1-4H3/t24-,26?,27?,29?,30?,31?,32?,33?,34?,36?,37?/m0/s1. The van der Waals surface area contributed by atoms with Crippen LogP contribution >= 0.6 is 24.6 Å². The van der Waals surface area contributed by atoms with Gasteiger partial charge in [-0.25, -0.2) is 15.3 Å². The molecule has 2 rings (SSSR count). The number of esters is 2. The van der Waals surface area contributed by atoms with Crippen LogP contribution in [-0.2, 0) is 60.4 Å². The van der Waals surface area contributed by atoms with E-state index >= 15 is 0 Å². The van der Waals surface area contributed by atoms with Gasteiger partial charge in [0.1, 0.15) is 30.5 Å². The number of ether oxygens (including phenoxy) is 5. The number of unbranched alkanes of at least 4 members (excludes halogenated alkanes) is 12. The third-order valence-electron chi connectivity index (χ3n) is 9.88. The van der Waals surface area contributed by atoms with Crippen molar-refractivity contribution >= 4 is 36.6 Å². The first-order valence-electron chi connectivity index (χ1n) is 20.3. The Bertz CT molecular complexity index is 1120. The van der Waals surface area contributed by atoms with Gasteiger partial charge in [0, 0.05) is 12.0 Å². The SMILES string of the molecule is CCCCCCCCCCCCCCCC(=O)OC1C(OC2OC(CO)C(O)C(OSOOO)C2OSOOO)OC(CO)C(O)C1OC(=O)C(C)=C[C@@H](C)CCC. The van der Waals surface area contributed by atoms with Gasteiger partial charge in [0.05, 0.1) is 13.2 Å². The Morgan fingerprint density at radius 2 is 1.16 bits per heavy atom. The first-order chi connectivity index (χ1) is 28.1. The van der Waals surface area contributed by atoms with Crippen molar-refractivity contribution in [3.05, 3.63) is 11.6 Å². The molecule has 0 aromatic heterocycles. The molecule has 0 aliphatic carbocycles. The molecule has 2 aliphatic rings. The molecule has 0 radical (unpaired) electrons. The molecule has 19 nitrogen and oxygen atoms in total. The van der Waals surface area contributed by atoms with Crippen LogP contribution in [0.2, 0.25) is 0 Å². The van der Waals surface area contributed by atoms with Crippen molar-refractivity contribution in [3.63, 3.8) is 0 Å². The van der Waals surface area contributed by atoms with Crippen molar-refractivity contribution in [3.8, 4) is 0 Å². The van der Waals surface area contributed by atoms with E-state index in [1.165, 1.54) is 51.4 Å². The lowest BCUT2D eigenvalue weighted by molar-refractivity contribution is -0.436. The van der Waals surface area contributed by atoms with Gasteiger partial charge in [-0.15, -0.1) is 8.67 Å². The number of carbonyl (C=O) groups excluding carboxylic acids is 2. The maximum atomic E-state index is 13.4. The molecule has 21 heteroatoms.